The largest absolute Gasteiger partial charge is 0.325 e. The summed E-state index contributed by atoms with van der Waals surface area (Å²) >= 11 is 1.40. The van der Waals surface area contributed by atoms with E-state index >= 15 is 0 Å². The van der Waals surface area contributed by atoms with Crippen LogP contribution in [0.4, 0.5) is 10.1 Å². The maximum absolute atomic E-state index is 13.3. The lowest BCUT2D eigenvalue weighted by Crippen LogP contribution is -2.25. The van der Waals surface area contributed by atoms with Gasteiger partial charge in [0.25, 0.3) is 0 Å². The van der Waals surface area contributed by atoms with Gasteiger partial charge < -0.3 is 5.32 Å². The zero-order valence-corrected chi connectivity index (χ0v) is 16.3. The Balaban J connectivity index is 1.49. The van der Waals surface area contributed by atoms with Crippen molar-refractivity contribution in [2.24, 2.45) is 9.98 Å². The highest BCUT2D eigenvalue weighted by atomic mass is 32.2. The number of halogens is 1. The molecule has 2 aliphatic rings. The summed E-state index contributed by atoms with van der Waals surface area (Å²) in [6.45, 7) is 0. The van der Waals surface area contributed by atoms with Crippen LogP contribution in [0.15, 0.2) is 64.6 Å². The van der Waals surface area contributed by atoms with E-state index in [9.17, 15) is 9.18 Å². The number of anilines is 1. The summed E-state index contributed by atoms with van der Waals surface area (Å²) in [5.41, 5.74) is 2.01. The predicted octanol–water partition coefficient (Wildman–Crippen LogP) is 5.06. The SMILES string of the molecule is O=C(CSC1=NC2(CCCCC2)N=C1c1ccccc1)Nc1cccc(F)c1. The highest BCUT2D eigenvalue weighted by Crippen LogP contribution is 2.38. The number of thioether (sulfide) groups is 1. The Morgan fingerprint density at radius 2 is 1.82 bits per heavy atom. The molecule has 4 rings (SSSR count). The molecule has 1 spiro atoms. The van der Waals surface area contributed by atoms with E-state index in [-0.39, 0.29) is 23.1 Å². The van der Waals surface area contributed by atoms with Crippen LogP contribution < -0.4 is 5.32 Å². The van der Waals surface area contributed by atoms with Crippen LogP contribution in [0.2, 0.25) is 0 Å². The number of aliphatic imine (C=N–C) groups is 2. The second-order valence-corrected chi connectivity index (χ2v) is 8.10. The molecular weight excluding hydrogens is 373 g/mol. The fourth-order valence-corrected chi connectivity index (χ4v) is 4.52. The first-order chi connectivity index (χ1) is 13.6. The highest BCUT2D eigenvalue weighted by Gasteiger charge is 2.37. The van der Waals surface area contributed by atoms with E-state index in [0.717, 1.165) is 42.0 Å². The Bertz CT molecular complexity index is 920. The van der Waals surface area contributed by atoms with Gasteiger partial charge in [-0.15, -0.1) is 0 Å². The lowest BCUT2D eigenvalue weighted by atomic mass is 9.90. The molecule has 0 bridgehead atoms. The lowest BCUT2D eigenvalue weighted by Gasteiger charge is -2.27. The predicted molar refractivity (Wildman–Crippen MR) is 114 cm³/mol. The summed E-state index contributed by atoms with van der Waals surface area (Å²) in [6.07, 6.45) is 5.41. The molecule has 1 aliphatic heterocycles. The molecular formula is C22H22FN3OS. The zero-order valence-electron chi connectivity index (χ0n) is 15.5. The smallest absolute Gasteiger partial charge is 0.234 e. The molecule has 1 heterocycles. The summed E-state index contributed by atoms with van der Waals surface area (Å²) in [5, 5.41) is 3.56. The molecule has 1 fully saturated rings. The van der Waals surface area contributed by atoms with Crippen LogP contribution in [0, 0.1) is 5.82 Å². The molecule has 1 amide bonds. The second-order valence-electron chi connectivity index (χ2n) is 7.13. The highest BCUT2D eigenvalue weighted by molar-refractivity contribution is 8.16. The van der Waals surface area contributed by atoms with Gasteiger partial charge in [-0.1, -0.05) is 54.6 Å². The van der Waals surface area contributed by atoms with Crippen molar-refractivity contribution in [3.63, 3.8) is 0 Å². The van der Waals surface area contributed by atoms with E-state index in [1.54, 1.807) is 12.1 Å². The van der Waals surface area contributed by atoms with Crippen LogP contribution in [0.1, 0.15) is 37.7 Å². The molecule has 0 radical (unpaired) electrons. The summed E-state index contributed by atoms with van der Waals surface area (Å²) in [4.78, 5) is 22.3. The molecule has 0 unspecified atom stereocenters. The third kappa shape index (κ3) is 4.33. The van der Waals surface area contributed by atoms with Crippen LogP contribution in [-0.2, 0) is 4.79 Å². The fourth-order valence-electron chi connectivity index (χ4n) is 3.65. The number of rotatable bonds is 4. The van der Waals surface area contributed by atoms with E-state index in [4.69, 9.17) is 9.98 Å². The summed E-state index contributed by atoms with van der Waals surface area (Å²) < 4.78 is 13.3. The number of carbonyl (C=O) groups is 1. The minimum atomic E-state index is -0.372. The number of carbonyl (C=O) groups excluding carboxylic acids is 1. The van der Waals surface area contributed by atoms with Crippen molar-refractivity contribution in [3.8, 4) is 0 Å². The van der Waals surface area contributed by atoms with Gasteiger partial charge in [0, 0.05) is 11.3 Å². The Labute approximate surface area is 168 Å². The Morgan fingerprint density at radius 3 is 2.57 bits per heavy atom. The van der Waals surface area contributed by atoms with E-state index in [1.807, 2.05) is 30.3 Å². The molecule has 6 heteroatoms. The van der Waals surface area contributed by atoms with Crippen LogP contribution in [0.25, 0.3) is 0 Å². The first kappa shape index (κ1) is 18.9. The number of benzene rings is 2. The van der Waals surface area contributed by atoms with Crippen molar-refractivity contribution in [1.29, 1.82) is 0 Å². The van der Waals surface area contributed by atoms with Gasteiger partial charge in [0.1, 0.15) is 10.9 Å². The summed E-state index contributed by atoms with van der Waals surface area (Å²) in [6, 6.07) is 15.9. The minimum absolute atomic E-state index is 0.185. The van der Waals surface area contributed by atoms with Crippen LogP contribution >= 0.6 is 11.8 Å². The third-order valence-corrected chi connectivity index (χ3v) is 5.95. The normalized spacial score (nSPS) is 17.9. The molecule has 28 heavy (non-hydrogen) atoms. The van der Waals surface area contributed by atoms with Crippen molar-refractivity contribution in [2.45, 2.75) is 37.8 Å². The van der Waals surface area contributed by atoms with Gasteiger partial charge >= 0.3 is 0 Å². The van der Waals surface area contributed by atoms with Crippen molar-refractivity contribution < 1.29 is 9.18 Å². The molecule has 144 valence electrons. The summed E-state index contributed by atoms with van der Waals surface area (Å²) in [7, 11) is 0. The molecule has 1 aliphatic carbocycles. The Hall–Kier alpha value is -2.47. The van der Waals surface area contributed by atoms with E-state index in [1.165, 1.54) is 30.3 Å². The van der Waals surface area contributed by atoms with Gasteiger partial charge in [0.15, 0.2) is 5.66 Å². The maximum Gasteiger partial charge on any atom is 0.234 e. The van der Waals surface area contributed by atoms with E-state index < -0.39 is 0 Å². The zero-order chi connectivity index (χ0) is 19.4. The van der Waals surface area contributed by atoms with Crippen LogP contribution in [0.5, 0.6) is 0 Å². The first-order valence-electron chi connectivity index (χ1n) is 9.57. The minimum Gasteiger partial charge on any atom is -0.325 e. The molecule has 0 aromatic heterocycles. The van der Waals surface area contributed by atoms with Gasteiger partial charge in [-0.2, -0.15) is 0 Å². The van der Waals surface area contributed by atoms with Gasteiger partial charge in [-0.3, -0.25) is 9.79 Å². The molecule has 2 aromatic rings. The van der Waals surface area contributed by atoms with Crippen LogP contribution in [0.3, 0.4) is 0 Å². The lowest BCUT2D eigenvalue weighted by molar-refractivity contribution is -0.113. The molecule has 2 aromatic carbocycles. The molecule has 1 N–H and O–H groups in total. The van der Waals surface area contributed by atoms with Gasteiger partial charge in [-0.05, 0) is 43.9 Å². The standard InChI is InChI=1S/C22H22FN3OS/c23-17-10-7-11-18(14-17)24-19(27)15-28-21-20(16-8-3-1-4-9-16)25-22(26-21)12-5-2-6-13-22/h1,3-4,7-11,14H,2,5-6,12-13,15H2,(H,24,27). The quantitative estimate of drug-likeness (QED) is 0.787. The fraction of sp³-hybridized carbons (Fsp3) is 0.318. The summed E-state index contributed by atoms with van der Waals surface area (Å²) in [5.74, 6) is -0.351. The Kier molecular flexibility index (Phi) is 5.57. The number of nitrogens with one attached hydrogen (secondary N) is 1. The third-order valence-electron chi connectivity index (χ3n) is 4.98. The van der Waals surface area contributed by atoms with Gasteiger partial charge in [0.05, 0.1) is 11.5 Å². The number of nitrogens with zero attached hydrogens (tertiary/aromatic N) is 2. The molecule has 1 saturated carbocycles. The molecule has 0 atom stereocenters. The van der Waals surface area contributed by atoms with Crippen molar-refractivity contribution >= 4 is 34.1 Å². The number of amides is 1. The van der Waals surface area contributed by atoms with Crippen LogP contribution in [-0.4, -0.2) is 28.1 Å². The van der Waals surface area contributed by atoms with Gasteiger partial charge in [0.2, 0.25) is 5.91 Å². The molecule has 0 saturated heterocycles. The van der Waals surface area contributed by atoms with Gasteiger partial charge in [-0.25, -0.2) is 9.38 Å². The maximum atomic E-state index is 13.3. The van der Waals surface area contributed by atoms with Crippen molar-refractivity contribution in [3.05, 3.63) is 66.0 Å². The van der Waals surface area contributed by atoms with E-state index in [2.05, 4.69) is 5.32 Å². The van der Waals surface area contributed by atoms with E-state index in [0.29, 0.717) is 5.69 Å². The molecule has 4 nitrogen and oxygen atoms in total. The monoisotopic (exact) mass is 395 g/mol. The number of hydrogen-bond donors (Lipinski definition) is 1. The average molecular weight is 396 g/mol. The van der Waals surface area contributed by atoms with Crippen molar-refractivity contribution in [1.82, 2.24) is 0 Å². The topological polar surface area (TPSA) is 53.8 Å². The number of hydrogen-bond acceptors (Lipinski definition) is 4. The van der Waals surface area contributed by atoms with Crippen molar-refractivity contribution in [2.75, 3.05) is 11.1 Å². The second kappa shape index (κ2) is 8.27. The first-order valence-corrected chi connectivity index (χ1v) is 10.6. The average Bonchev–Trinajstić information content (AvgIpc) is 3.05. The Morgan fingerprint density at radius 1 is 1.04 bits per heavy atom.